The Balaban J connectivity index is 3.07. The Morgan fingerprint density at radius 2 is 2.05 bits per heavy atom. The van der Waals surface area contributed by atoms with Crippen molar-refractivity contribution in [2.24, 2.45) is 0 Å². The number of benzene rings is 1. The summed E-state index contributed by atoms with van der Waals surface area (Å²) in [7, 11) is -3.68. The summed E-state index contributed by atoms with van der Waals surface area (Å²) in [6.07, 6.45) is 1.01. The van der Waals surface area contributed by atoms with Crippen LogP contribution in [0.2, 0.25) is 0 Å². The molecule has 0 radical (unpaired) electrons. The average Bonchev–Trinajstić information content (AvgIpc) is 2.37. The first-order valence-electron chi connectivity index (χ1n) is 5.92. The highest BCUT2D eigenvalue weighted by Crippen LogP contribution is 2.21. The van der Waals surface area contributed by atoms with E-state index in [1.54, 1.807) is 0 Å². The number of nitriles is 1. The van der Waals surface area contributed by atoms with Crippen LogP contribution in [0, 0.1) is 24.1 Å². The molecule has 7 heteroatoms. The molecule has 5 nitrogen and oxygen atoms in total. The van der Waals surface area contributed by atoms with Gasteiger partial charge in [-0.05, 0) is 37.5 Å². The number of unbranched alkanes of at least 4 members (excludes halogenated alkanes) is 2. The number of rotatable bonds is 6. The summed E-state index contributed by atoms with van der Waals surface area (Å²) in [5.74, 6) is -2.63. The Kier molecular flexibility index (Phi) is 5.22. The predicted octanol–water partition coefficient (Wildman–Crippen LogP) is 2.30. The second-order valence-electron chi connectivity index (χ2n) is 4.34. The Bertz CT molecular complexity index is 662. The molecule has 1 aromatic rings. The van der Waals surface area contributed by atoms with Crippen LogP contribution in [0.5, 0.6) is 0 Å². The molecule has 0 spiro atoms. The Morgan fingerprint density at radius 1 is 1.40 bits per heavy atom. The second kappa shape index (κ2) is 6.48. The van der Waals surface area contributed by atoms with Crippen molar-refractivity contribution >= 4 is 15.8 Å². The highest BCUT2D eigenvalue weighted by molar-refractivity contribution is 7.91. The summed E-state index contributed by atoms with van der Waals surface area (Å²) >= 11 is 0. The molecule has 0 saturated heterocycles. The molecule has 0 aliphatic rings. The maximum atomic E-state index is 13.6. The number of carboxylic acids is 1. The quantitative estimate of drug-likeness (QED) is 0.642. The molecule has 108 valence electrons. The summed E-state index contributed by atoms with van der Waals surface area (Å²) < 4.78 is 37.6. The molecule has 0 atom stereocenters. The Morgan fingerprint density at radius 3 is 2.60 bits per heavy atom. The van der Waals surface area contributed by atoms with Crippen LogP contribution < -0.4 is 0 Å². The summed E-state index contributed by atoms with van der Waals surface area (Å²) in [6.45, 7) is 1.32. The van der Waals surface area contributed by atoms with Gasteiger partial charge in [0, 0.05) is 6.42 Å². The highest BCUT2D eigenvalue weighted by Gasteiger charge is 2.21. The lowest BCUT2D eigenvalue weighted by atomic mass is 10.1. The predicted molar refractivity (Wildman–Crippen MR) is 69.6 cm³/mol. The van der Waals surface area contributed by atoms with Crippen molar-refractivity contribution in [3.63, 3.8) is 0 Å². The number of halogens is 1. The third-order valence-electron chi connectivity index (χ3n) is 2.77. The molecule has 0 aromatic heterocycles. The molecule has 1 N–H and O–H groups in total. The lowest BCUT2D eigenvalue weighted by Gasteiger charge is -2.08. The molecule has 0 bridgehead atoms. The summed E-state index contributed by atoms with van der Waals surface area (Å²) in [6, 6.07) is 3.88. The first kappa shape index (κ1) is 16.1. The van der Waals surface area contributed by atoms with Gasteiger partial charge in [0.25, 0.3) is 0 Å². The standard InChI is InChI=1S/C13H14FNO4S/c1-9-7-10(8-11(12(9)14)13(16)17)20(18,19)6-4-2-3-5-15/h7-8H,2-4,6H2,1H3,(H,16,17). The highest BCUT2D eigenvalue weighted by atomic mass is 32.2. The van der Waals surface area contributed by atoms with Gasteiger partial charge in [0.2, 0.25) is 0 Å². The third-order valence-corrected chi connectivity index (χ3v) is 4.55. The van der Waals surface area contributed by atoms with Crippen LogP contribution in [0.4, 0.5) is 4.39 Å². The van der Waals surface area contributed by atoms with Gasteiger partial charge in [-0.15, -0.1) is 0 Å². The van der Waals surface area contributed by atoms with Gasteiger partial charge in [0.15, 0.2) is 9.84 Å². The summed E-state index contributed by atoms with van der Waals surface area (Å²) in [4.78, 5) is 10.7. The maximum Gasteiger partial charge on any atom is 0.338 e. The molecule has 0 saturated carbocycles. The van der Waals surface area contributed by atoms with Gasteiger partial charge < -0.3 is 5.11 Å². The van der Waals surface area contributed by atoms with Crippen LogP contribution in [-0.4, -0.2) is 25.2 Å². The molecule has 0 heterocycles. The molecule has 1 rings (SSSR count). The van der Waals surface area contributed by atoms with Crippen LogP contribution in [-0.2, 0) is 9.84 Å². The molecule has 0 aliphatic heterocycles. The van der Waals surface area contributed by atoms with Crippen molar-refractivity contribution in [3.05, 3.63) is 29.1 Å². The van der Waals surface area contributed by atoms with Gasteiger partial charge >= 0.3 is 5.97 Å². The maximum absolute atomic E-state index is 13.6. The third kappa shape index (κ3) is 3.78. The fourth-order valence-corrected chi connectivity index (χ4v) is 3.16. The first-order chi connectivity index (χ1) is 9.29. The molecule has 20 heavy (non-hydrogen) atoms. The van der Waals surface area contributed by atoms with Crippen LogP contribution >= 0.6 is 0 Å². The lowest BCUT2D eigenvalue weighted by molar-refractivity contribution is 0.0691. The van der Waals surface area contributed by atoms with Gasteiger partial charge in [-0.25, -0.2) is 17.6 Å². The topological polar surface area (TPSA) is 95.2 Å². The number of nitrogens with zero attached hydrogens (tertiary/aromatic N) is 1. The number of sulfone groups is 1. The van der Waals surface area contributed by atoms with E-state index < -0.39 is 27.2 Å². The monoisotopic (exact) mass is 299 g/mol. The van der Waals surface area contributed by atoms with E-state index in [9.17, 15) is 17.6 Å². The minimum Gasteiger partial charge on any atom is -0.478 e. The smallest absolute Gasteiger partial charge is 0.338 e. The van der Waals surface area contributed by atoms with Crippen LogP contribution in [0.3, 0.4) is 0 Å². The SMILES string of the molecule is Cc1cc(S(=O)(=O)CCCCC#N)cc(C(=O)O)c1F. The van der Waals surface area contributed by atoms with E-state index in [1.165, 1.54) is 6.92 Å². The number of carbonyl (C=O) groups is 1. The van der Waals surface area contributed by atoms with E-state index in [0.29, 0.717) is 12.8 Å². The summed E-state index contributed by atoms with van der Waals surface area (Å²) in [5, 5.41) is 17.2. The number of aryl methyl sites for hydroxylation is 1. The van der Waals surface area contributed by atoms with Gasteiger partial charge in [-0.2, -0.15) is 5.26 Å². The molecule has 1 aromatic carbocycles. The van der Waals surface area contributed by atoms with Gasteiger partial charge in [-0.3, -0.25) is 0 Å². The zero-order chi connectivity index (χ0) is 15.3. The van der Waals surface area contributed by atoms with Crippen LogP contribution in [0.1, 0.15) is 35.2 Å². The normalized spacial score (nSPS) is 11.1. The average molecular weight is 299 g/mol. The van der Waals surface area contributed by atoms with Crippen LogP contribution in [0.25, 0.3) is 0 Å². The molecular weight excluding hydrogens is 285 g/mol. The van der Waals surface area contributed by atoms with E-state index in [0.717, 1.165) is 12.1 Å². The molecule has 0 amide bonds. The van der Waals surface area contributed by atoms with Gasteiger partial charge in [0.1, 0.15) is 5.82 Å². The number of hydrogen-bond acceptors (Lipinski definition) is 4. The van der Waals surface area contributed by atoms with Crippen molar-refractivity contribution in [1.82, 2.24) is 0 Å². The number of hydrogen-bond donors (Lipinski definition) is 1. The Hall–Kier alpha value is -1.94. The van der Waals surface area contributed by atoms with Gasteiger partial charge in [0.05, 0.1) is 22.3 Å². The molecular formula is C13H14FNO4S. The largest absolute Gasteiger partial charge is 0.478 e. The minimum atomic E-state index is -3.68. The van der Waals surface area contributed by atoms with Crippen molar-refractivity contribution in [1.29, 1.82) is 5.26 Å². The Labute approximate surface area is 116 Å². The van der Waals surface area contributed by atoms with E-state index >= 15 is 0 Å². The molecule has 0 fully saturated rings. The molecule has 0 unspecified atom stereocenters. The van der Waals surface area contributed by atoms with Crippen LogP contribution in [0.15, 0.2) is 17.0 Å². The zero-order valence-corrected chi connectivity index (χ0v) is 11.7. The van der Waals surface area contributed by atoms with Crippen molar-refractivity contribution in [2.45, 2.75) is 31.1 Å². The zero-order valence-electron chi connectivity index (χ0n) is 10.9. The van der Waals surface area contributed by atoms with Crippen molar-refractivity contribution < 1.29 is 22.7 Å². The van der Waals surface area contributed by atoms with E-state index in [4.69, 9.17) is 10.4 Å². The first-order valence-corrected chi connectivity index (χ1v) is 7.58. The molecule has 0 aliphatic carbocycles. The van der Waals surface area contributed by atoms with E-state index in [2.05, 4.69) is 0 Å². The van der Waals surface area contributed by atoms with Crippen molar-refractivity contribution in [2.75, 3.05) is 5.75 Å². The second-order valence-corrected chi connectivity index (χ2v) is 6.45. The lowest BCUT2D eigenvalue weighted by Crippen LogP contribution is -2.11. The van der Waals surface area contributed by atoms with E-state index in [-0.39, 0.29) is 22.6 Å². The number of aromatic carboxylic acids is 1. The minimum absolute atomic E-state index is 0.0273. The van der Waals surface area contributed by atoms with Crippen molar-refractivity contribution in [3.8, 4) is 6.07 Å². The number of carboxylic acid groups (broad SMARTS) is 1. The van der Waals surface area contributed by atoms with Gasteiger partial charge in [-0.1, -0.05) is 0 Å². The van der Waals surface area contributed by atoms with E-state index in [1.807, 2.05) is 6.07 Å². The fraction of sp³-hybridized carbons (Fsp3) is 0.385. The fourth-order valence-electron chi connectivity index (χ4n) is 1.69. The summed E-state index contributed by atoms with van der Waals surface area (Å²) in [5.41, 5.74) is -0.680.